The van der Waals surface area contributed by atoms with Gasteiger partial charge in [0.2, 0.25) is 5.91 Å². The maximum Gasteiger partial charge on any atom is 0.270 e. The molecule has 0 bridgehead atoms. The molecule has 0 spiro atoms. The molecule has 2 aromatic carbocycles. The van der Waals surface area contributed by atoms with Gasteiger partial charge in [0.05, 0.1) is 16.6 Å². The average Bonchev–Trinajstić information content (AvgIpc) is 2.61. The van der Waals surface area contributed by atoms with E-state index < -0.39 is 22.8 Å². The van der Waals surface area contributed by atoms with Crippen LogP contribution in [0.5, 0.6) is 0 Å². The third-order valence-electron chi connectivity index (χ3n) is 3.32. The number of anilines is 1. The first-order valence-electron chi connectivity index (χ1n) is 7.27. The van der Waals surface area contributed by atoms with Gasteiger partial charge in [-0.3, -0.25) is 19.7 Å². The number of non-ortho nitro benzene ring substituents is 1. The summed E-state index contributed by atoms with van der Waals surface area (Å²) in [6.45, 7) is 1.48. The smallest absolute Gasteiger partial charge is 0.270 e. The summed E-state index contributed by atoms with van der Waals surface area (Å²) in [5.41, 5.74) is 0.699. The Morgan fingerprint density at radius 1 is 1.20 bits per heavy atom. The van der Waals surface area contributed by atoms with E-state index in [0.29, 0.717) is 11.3 Å². The molecule has 8 nitrogen and oxygen atoms in total. The first-order chi connectivity index (χ1) is 11.9. The number of nitriles is 1. The fourth-order valence-electron chi connectivity index (χ4n) is 2.02. The number of hydrogen-bond donors (Lipinski definition) is 2. The number of benzene rings is 2. The van der Waals surface area contributed by atoms with E-state index in [9.17, 15) is 19.7 Å². The van der Waals surface area contributed by atoms with E-state index in [2.05, 4.69) is 10.6 Å². The highest BCUT2D eigenvalue weighted by atomic mass is 16.6. The van der Waals surface area contributed by atoms with Crippen LogP contribution in [-0.4, -0.2) is 22.8 Å². The zero-order chi connectivity index (χ0) is 18.4. The second-order valence-corrected chi connectivity index (χ2v) is 5.18. The molecule has 2 aromatic rings. The van der Waals surface area contributed by atoms with Crippen molar-refractivity contribution in [2.75, 3.05) is 5.32 Å². The van der Waals surface area contributed by atoms with Crippen molar-refractivity contribution in [3.63, 3.8) is 0 Å². The van der Waals surface area contributed by atoms with Crippen LogP contribution in [0.1, 0.15) is 22.8 Å². The number of nitro benzene ring substituents is 1. The normalized spacial score (nSPS) is 11.0. The van der Waals surface area contributed by atoms with Crippen LogP contribution in [0, 0.1) is 21.4 Å². The highest BCUT2D eigenvalue weighted by Gasteiger charge is 2.18. The molecule has 0 aromatic heterocycles. The van der Waals surface area contributed by atoms with Gasteiger partial charge >= 0.3 is 0 Å². The van der Waals surface area contributed by atoms with Gasteiger partial charge in [0, 0.05) is 23.4 Å². The molecule has 8 heteroatoms. The lowest BCUT2D eigenvalue weighted by Crippen LogP contribution is -2.41. The number of hydrogen-bond acceptors (Lipinski definition) is 5. The molecule has 0 unspecified atom stereocenters. The van der Waals surface area contributed by atoms with E-state index >= 15 is 0 Å². The SMILES string of the molecule is C[C@H](NC(=O)c1cccc([N+](=O)[O-])c1)C(=O)Nc1cccc(C#N)c1. The van der Waals surface area contributed by atoms with Crippen molar-refractivity contribution in [1.82, 2.24) is 5.32 Å². The van der Waals surface area contributed by atoms with Crippen molar-refractivity contribution in [2.45, 2.75) is 13.0 Å². The monoisotopic (exact) mass is 338 g/mol. The molecule has 0 radical (unpaired) electrons. The molecule has 0 heterocycles. The van der Waals surface area contributed by atoms with Crippen molar-refractivity contribution in [1.29, 1.82) is 5.26 Å². The molecule has 2 N–H and O–H groups in total. The number of nitrogens with zero attached hydrogens (tertiary/aromatic N) is 2. The van der Waals surface area contributed by atoms with Crippen LogP contribution in [0.2, 0.25) is 0 Å². The van der Waals surface area contributed by atoms with Crippen molar-refractivity contribution in [3.8, 4) is 6.07 Å². The molecule has 126 valence electrons. The number of nitro groups is 1. The quantitative estimate of drug-likeness (QED) is 0.638. The third kappa shape index (κ3) is 4.62. The minimum Gasteiger partial charge on any atom is -0.341 e. The third-order valence-corrected chi connectivity index (χ3v) is 3.32. The zero-order valence-corrected chi connectivity index (χ0v) is 13.2. The number of nitrogens with one attached hydrogen (secondary N) is 2. The highest BCUT2D eigenvalue weighted by Crippen LogP contribution is 2.13. The summed E-state index contributed by atoms with van der Waals surface area (Å²) in [7, 11) is 0. The van der Waals surface area contributed by atoms with Gasteiger partial charge in [-0.05, 0) is 31.2 Å². The first-order valence-corrected chi connectivity index (χ1v) is 7.27. The molecule has 0 saturated carbocycles. The van der Waals surface area contributed by atoms with E-state index in [4.69, 9.17) is 5.26 Å². The van der Waals surface area contributed by atoms with Crippen LogP contribution in [0.3, 0.4) is 0 Å². The lowest BCUT2D eigenvalue weighted by atomic mass is 10.1. The van der Waals surface area contributed by atoms with Crippen molar-refractivity contribution in [3.05, 3.63) is 69.8 Å². The van der Waals surface area contributed by atoms with E-state index in [0.717, 1.165) is 6.07 Å². The van der Waals surface area contributed by atoms with Gasteiger partial charge in [-0.15, -0.1) is 0 Å². The van der Waals surface area contributed by atoms with E-state index in [1.165, 1.54) is 31.2 Å². The molecule has 0 aliphatic rings. The second kappa shape index (κ2) is 7.70. The van der Waals surface area contributed by atoms with E-state index in [1.807, 2.05) is 6.07 Å². The van der Waals surface area contributed by atoms with Gasteiger partial charge in [-0.1, -0.05) is 12.1 Å². The van der Waals surface area contributed by atoms with Gasteiger partial charge in [-0.2, -0.15) is 5.26 Å². The van der Waals surface area contributed by atoms with Crippen molar-refractivity contribution < 1.29 is 14.5 Å². The lowest BCUT2D eigenvalue weighted by molar-refractivity contribution is -0.384. The molecule has 1 atom stereocenters. The van der Waals surface area contributed by atoms with Crippen LogP contribution >= 0.6 is 0 Å². The van der Waals surface area contributed by atoms with Gasteiger partial charge in [0.15, 0.2) is 0 Å². The first kappa shape index (κ1) is 17.6. The summed E-state index contributed by atoms with van der Waals surface area (Å²) in [5.74, 6) is -1.08. The molecular weight excluding hydrogens is 324 g/mol. The topological polar surface area (TPSA) is 125 Å². The Morgan fingerprint density at radius 3 is 2.60 bits per heavy atom. The minimum atomic E-state index is -0.877. The number of carbonyl (C=O) groups is 2. The predicted octanol–water partition coefficient (Wildman–Crippen LogP) is 2.22. The van der Waals surface area contributed by atoms with E-state index in [-0.39, 0.29) is 11.3 Å². The lowest BCUT2D eigenvalue weighted by Gasteiger charge is -2.14. The number of carbonyl (C=O) groups excluding carboxylic acids is 2. The molecule has 0 fully saturated rings. The van der Waals surface area contributed by atoms with Crippen LogP contribution in [0.4, 0.5) is 11.4 Å². The molecule has 2 rings (SSSR count). The summed E-state index contributed by atoms with van der Waals surface area (Å²) in [5, 5.41) is 24.7. The largest absolute Gasteiger partial charge is 0.341 e. The van der Waals surface area contributed by atoms with Crippen LogP contribution < -0.4 is 10.6 Å². The van der Waals surface area contributed by atoms with Crippen molar-refractivity contribution in [2.24, 2.45) is 0 Å². The van der Waals surface area contributed by atoms with Gasteiger partial charge < -0.3 is 10.6 Å². The summed E-state index contributed by atoms with van der Waals surface area (Å²) in [6, 6.07) is 12.7. The standard InChI is InChI=1S/C17H14N4O4/c1-11(16(22)20-14-6-2-4-12(8-14)10-18)19-17(23)13-5-3-7-15(9-13)21(24)25/h2-9,11H,1H3,(H,19,23)(H,20,22)/t11-/m0/s1. The number of amides is 2. The van der Waals surface area contributed by atoms with E-state index in [1.54, 1.807) is 18.2 Å². The molecule has 2 amide bonds. The van der Waals surface area contributed by atoms with Gasteiger partial charge in [-0.25, -0.2) is 0 Å². The molecule has 0 aliphatic heterocycles. The van der Waals surface area contributed by atoms with Crippen LogP contribution in [0.25, 0.3) is 0 Å². The second-order valence-electron chi connectivity index (χ2n) is 5.18. The van der Waals surface area contributed by atoms with Crippen LogP contribution in [-0.2, 0) is 4.79 Å². The Labute approximate surface area is 143 Å². The minimum absolute atomic E-state index is 0.0836. The van der Waals surface area contributed by atoms with Gasteiger partial charge in [0.25, 0.3) is 11.6 Å². The molecule has 25 heavy (non-hydrogen) atoms. The Balaban J connectivity index is 2.03. The van der Waals surface area contributed by atoms with Crippen LogP contribution in [0.15, 0.2) is 48.5 Å². The number of rotatable bonds is 5. The summed E-state index contributed by atoms with van der Waals surface area (Å²) < 4.78 is 0. The summed E-state index contributed by atoms with van der Waals surface area (Å²) >= 11 is 0. The molecule has 0 saturated heterocycles. The predicted molar refractivity (Wildman–Crippen MR) is 89.8 cm³/mol. The van der Waals surface area contributed by atoms with Gasteiger partial charge in [0.1, 0.15) is 6.04 Å². The Kier molecular flexibility index (Phi) is 5.43. The summed E-state index contributed by atoms with van der Waals surface area (Å²) in [6.07, 6.45) is 0. The maximum atomic E-state index is 12.1. The maximum absolute atomic E-state index is 12.1. The van der Waals surface area contributed by atoms with Crippen molar-refractivity contribution >= 4 is 23.2 Å². The zero-order valence-electron chi connectivity index (χ0n) is 13.2. The Hall–Kier alpha value is -3.73. The fourth-order valence-corrected chi connectivity index (χ4v) is 2.02. The Bertz CT molecular complexity index is 873. The Morgan fingerprint density at radius 2 is 1.92 bits per heavy atom. The molecule has 0 aliphatic carbocycles. The fraction of sp³-hybridized carbons (Fsp3) is 0.118. The summed E-state index contributed by atoms with van der Waals surface area (Å²) in [4.78, 5) is 34.4. The molecular formula is C17H14N4O4. The highest BCUT2D eigenvalue weighted by molar-refractivity contribution is 6.01. The average molecular weight is 338 g/mol.